The maximum Gasteiger partial charge on any atom is 4.00 e. The summed E-state index contributed by atoms with van der Waals surface area (Å²) in [5.41, 5.74) is 3.72. The Hall–Kier alpha value is -0.557. The molecule has 0 saturated heterocycles. The van der Waals surface area contributed by atoms with Crippen molar-refractivity contribution in [2.45, 2.75) is 20.8 Å². The van der Waals surface area contributed by atoms with Gasteiger partial charge in [0, 0.05) is 0 Å². The van der Waals surface area contributed by atoms with Crippen LogP contribution < -0.4 is 35.3 Å². The average molecular weight is 397 g/mol. The first kappa shape index (κ1) is 22.7. The Morgan fingerprint density at radius 1 is 1.05 bits per heavy atom. The molecule has 1 N–H and O–H groups in total. The molecule has 1 heterocycles. The number of halogens is 2. The second-order valence-corrected chi connectivity index (χ2v) is 4.56. The standard InChI is InChI=1S/C12H11.C5H6N.2ClH.Zr/c1-9(2)12-7-10-5-3-4-6-11(10)8-12;1-5-2-3-6-4-5;;;/h3-7H,1-2H3;2-3,6H,1H3;2*1H;/q2*-1;;;+4/p-2. The van der Waals surface area contributed by atoms with Crippen molar-refractivity contribution in [2.75, 3.05) is 0 Å². The molecule has 1 aliphatic carbocycles. The Morgan fingerprint density at radius 3 is 2.14 bits per heavy atom. The van der Waals surface area contributed by atoms with Gasteiger partial charge in [-0.25, -0.2) is 0 Å². The Labute approximate surface area is 158 Å². The van der Waals surface area contributed by atoms with E-state index in [1.165, 1.54) is 21.6 Å². The predicted molar refractivity (Wildman–Crippen MR) is 76.3 cm³/mol. The Balaban J connectivity index is 0. The van der Waals surface area contributed by atoms with Crippen LogP contribution in [0.2, 0.25) is 0 Å². The number of hydrogen-bond donors (Lipinski definition) is 1. The quantitative estimate of drug-likeness (QED) is 0.447. The third-order valence-electron chi connectivity index (χ3n) is 2.75. The minimum Gasteiger partial charge on any atom is -1.00 e. The van der Waals surface area contributed by atoms with Gasteiger partial charge >= 0.3 is 26.2 Å². The summed E-state index contributed by atoms with van der Waals surface area (Å²) < 4.78 is 0. The van der Waals surface area contributed by atoms with Gasteiger partial charge < -0.3 is 29.8 Å². The first-order chi connectivity index (χ1) is 8.66. The number of benzene rings is 1. The van der Waals surface area contributed by atoms with Crippen molar-refractivity contribution in [3.63, 3.8) is 0 Å². The summed E-state index contributed by atoms with van der Waals surface area (Å²) in [7, 11) is 0. The van der Waals surface area contributed by atoms with Gasteiger partial charge in [-0.1, -0.05) is 39.0 Å². The monoisotopic (exact) mass is 395 g/mol. The number of aromatic amines is 1. The van der Waals surface area contributed by atoms with Crippen LogP contribution in [0.5, 0.6) is 0 Å². The van der Waals surface area contributed by atoms with E-state index in [0.29, 0.717) is 0 Å². The van der Waals surface area contributed by atoms with Crippen LogP contribution in [-0.2, 0) is 26.2 Å². The molecule has 21 heavy (non-hydrogen) atoms. The molecule has 0 atom stereocenters. The fourth-order valence-corrected chi connectivity index (χ4v) is 1.71. The molecule has 0 saturated carbocycles. The molecule has 0 aliphatic heterocycles. The summed E-state index contributed by atoms with van der Waals surface area (Å²) in [4.78, 5) is 2.80. The van der Waals surface area contributed by atoms with Gasteiger partial charge in [0.15, 0.2) is 0 Å². The van der Waals surface area contributed by atoms with E-state index in [-0.39, 0.29) is 51.0 Å². The molecule has 2 aromatic rings. The fourth-order valence-electron chi connectivity index (χ4n) is 1.71. The normalized spacial score (nSPS) is 10.1. The van der Waals surface area contributed by atoms with Crippen molar-refractivity contribution < 1.29 is 51.0 Å². The topological polar surface area (TPSA) is 15.8 Å². The van der Waals surface area contributed by atoms with Gasteiger partial charge in [0.1, 0.15) is 0 Å². The number of aryl methyl sites for hydroxylation is 1. The third-order valence-corrected chi connectivity index (χ3v) is 2.75. The van der Waals surface area contributed by atoms with Gasteiger partial charge in [0.05, 0.1) is 0 Å². The second-order valence-electron chi connectivity index (χ2n) is 4.56. The first-order valence-corrected chi connectivity index (χ1v) is 6.07. The van der Waals surface area contributed by atoms with Gasteiger partial charge in [-0.2, -0.15) is 17.8 Å². The minimum atomic E-state index is 0. The molecular formula is C17H17Cl2NZr. The summed E-state index contributed by atoms with van der Waals surface area (Å²) in [6, 6.07) is 10.3. The van der Waals surface area contributed by atoms with Crippen LogP contribution in [0.25, 0.3) is 12.2 Å². The molecule has 1 aromatic heterocycles. The summed E-state index contributed by atoms with van der Waals surface area (Å²) >= 11 is 0. The molecule has 0 bridgehead atoms. The molecule has 0 radical (unpaired) electrons. The number of hydrogen-bond acceptors (Lipinski definition) is 0. The zero-order chi connectivity index (χ0) is 13.0. The van der Waals surface area contributed by atoms with Crippen LogP contribution in [0, 0.1) is 13.1 Å². The molecule has 108 valence electrons. The second kappa shape index (κ2) is 11.1. The van der Waals surface area contributed by atoms with Crippen LogP contribution in [0.4, 0.5) is 0 Å². The molecule has 0 amide bonds. The SMILES string of the molecule is CC(C)=C1[C-]=c2ccccc2=C1.Cc1[c-][nH]cc1.[Cl-].[Cl-].[Zr+4]. The van der Waals surface area contributed by atoms with E-state index in [4.69, 9.17) is 0 Å². The van der Waals surface area contributed by atoms with Crippen molar-refractivity contribution in [3.8, 4) is 0 Å². The maximum atomic E-state index is 3.36. The van der Waals surface area contributed by atoms with Crippen molar-refractivity contribution in [1.82, 2.24) is 4.98 Å². The summed E-state index contributed by atoms with van der Waals surface area (Å²) in [5, 5.41) is 2.50. The number of aromatic nitrogens is 1. The molecule has 4 heteroatoms. The Morgan fingerprint density at radius 2 is 1.71 bits per heavy atom. The number of allylic oxidation sites excluding steroid dienone is 2. The molecule has 1 nitrogen and oxygen atoms in total. The summed E-state index contributed by atoms with van der Waals surface area (Å²) in [6.07, 6.45) is 10.3. The maximum absolute atomic E-state index is 3.36. The van der Waals surface area contributed by atoms with E-state index in [1.54, 1.807) is 0 Å². The molecule has 3 rings (SSSR count). The van der Waals surface area contributed by atoms with E-state index in [2.05, 4.69) is 55.4 Å². The number of rotatable bonds is 0. The van der Waals surface area contributed by atoms with Crippen LogP contribution in [0.1, 0.15) is 19.4 Å². The van der Waals surface area contributed by atoms with Crippen molar-refractivity contribution >= 4 is 12.2 Å². The Bertz CT molecular complexity index is 632. The van der Waals surface area contributed by atoms with Crippen molar-refractivity contribution in [3.05, 3.63) is 69.9 Å². The predicted octanol–water partition coefficient (Wildman–Crippen LogP) is -3.40. The molecule has 0 spiro atoms. The fraction of sp³-hybridized carbons (Fsp3) is 0.176. The number of fused-ring (bicyclic) bond motifs is 1. The van der Waals surface area contributed by atoms with Gasteiger partial charge in [-0.3, -0.25) is 0 Å². The van der Waals surface area contributed by atoms with Crippen LogP contribution in [0.3, 0.4) is 0 Å². The van der Waals surface area contributed by atoms with Crippen LogP contribution in [-0.4, -0.2) is 4.98 Å². The molecule has 1 aromatic carbocycles. The van der Waals surface area contributed by atoms with E-state index >= 15 is 0 Å². The number of H-pyrrole nitrogens is 1. The van der Waals surface area contributed by atoms with Gasteiger partial charge in [0.25, 0.3) is 0 Å². The first-order valence-electron chi connectivity index (χ1n) is 6.07. The van der Waals surface area contributed by atoms with Crippen molar-refractivity contribution in [2.24, 2.45) is 0 Å². The molecule has 0 unspecified atom stereocenters. The zero-order valence-electron chi connectivity index (χ0n) is 12.3. The van der Waals surface area contributed by atoms with E-state index in [0.717, 1.165) is 5.56 Å². The summed E-state index contributed by atoms with van der Waals surface area (Å²) in [5.74, 6) is 0. The average Bonchev–Trinajstić information content (AvgIpc) is 2.97. The van der Waals surface area contributed by atoms with E-state index in [9.17, 15) is 0 Å². The molecule has 1 aliphatic rings. The zero-order valence-corrected chi connectivity index (χ0v) is 16.3. The molecule has 0 fully saturated rings. The third kappa shape index (κ3) is 6.82. The van der Waals surface area contributed by atoms with Crippen LogP contribution in [0.15, 0.2) is 47.7 Å². The minimum absolute atomic E-state index is 0. The van der Waals surface area contributed by atoms with Crippen LogP contribution >= 0.6 is 0 Å². The number of nitrogens with one attached hydrogen (secondary N) is 1. The van der Waals surface area contributed by atoms with Crippen molar-refractivity contribution in [1.29, 1.82) is 0 Å². The largest absolute Gasteiger partial charge is 4.00 e. The molecular weight excluding hydrogens is 380 g/mol. The van der Waals surface area contributed by atoms with Gasteiger partial charge in [0.2, 0.25) is 0 Å². The van der Waals surface area contributed by atoms with Gasteiger partial charge in [-0.05, 0) is 0 Å². The summed E-state index contributed by atoms with van der Waals surface area (Å²) in [6.45, 7) is 6.23. The smallest absolute Gasteiger partial charge is 1.00 e. The van der Waals surface area contributed by atoms with E-state index < -0.39 is 0 Å². The van der Waals surface area contributed by atoms with Gasteiger partial charge in [-0.15, -0.1) is 46.0 Å². The Kier molecular flexibility index (Phi) is 12.0. The van der Waals surface area contributed by atoms with E-state index in [1.807, 2.05) is 25.3 Å².